The number of aromatic nitrogens is 2. The van der Waals surface area contributed by atoms with Crippen molar-refractivity contribution in [1.82, 2.24) is 15.5 Å². The van der Waals surface area contributed by atoms with Gasteiger partial charge in [-0.15, -0.1) is 0 Å². The van der Waals surface area contributed by atoms with E-state index in [1.165, 1.54) is 5.56 Å². The molecule has 102 valence electrons. The van der Waals surface area contributed by atoms with E-state index in [4.69, 9.17) is 9.26 Å². The van der Waals surface area contributed by atoms with Gasteiger partial charge in [0.25, 0.3) is 0 Å². The Hall–Kier alpha value is -1.88. The third kappa shape index (κ3) is 3.79. The molecular weight excluding hydrogens is 242 g/mol. The first-order valence-electron chi connectivity index (χ1n) is 6.35. The summed E-state index contributed by atoms with van der Waals surface area (Å²) in [5.74, 6) is 2.23. The first kappa shape index (κ1) is 13.5. The molecule has 0 radical (unpaired) electrons. The lowest BCUT2D eigenvalue weighted by Crippen LogP contribution is -2.21. The lowest BCUT2D eigenvalue weighted by Gasteiger charge is -2.13. The summed E-state index contributed by atoms with van der Waals surface area (Å²) in [5.41, 5.74) is 1.23. The molecule has 2 rings (SSSR count). The zero-order valence-electron chi connectivity index (χ0n) is 11.5. The Morgan fingerprint density at radius 1 is 1.32 bits per heavy atom. The summed E-state index contributed by atoms with van der Waals surface area (Å²) < 4.78 is 10.1. The van der Waals surface area contributed by atoms with Crippen molar-refractivity contribution >= 4 is 0 Å². The minimum atomic E-state index is 0.277. The standard InChI is InChI=1S/C14H19N3O2/c1-10(12-4-6-13(18-3)7-5-12)15-9-8-14-16-11(2)19-17-14/h4-7,10,15H,8-9H2,1-3H3. The predicted molar refractivity (Wildman–Crippen MR) is 72.2 cm³/mol. The predicted octanol–water partition coefficient (Wildman–Crippen LogP) is 2.28. The molecule has 0 aliphatic rings. The van der Waals surface area contributed by atoms with Gasteiger partial charge in [-0.05, 0) is 24.6 Å². The van der Waals surface area contributed by atoms with Gasteiger partial charge in [0.1, 0.15) is 5.75 Å². The molecule has 0 bridgehead atoms. The number of methoxy groups -OCH3 is 1. The van der Waals surface area contributed by atoms with Crippen LogP contribution in [0.2, 0.25) is 0 Å². The van der Waals surface area contributed by atoms with Crippen molar-refractivity contribution in [3.8, 4) is 5.75 Å². The van der Waals surface area contributed by atoms with Gasteiger partial charge >= 0.3 is 0 Å². The molecule has 0 spiro atoms. The molecule has 0 saturated heterocycles. The SMILES string of the molecule is COc1ccc(C(C)NCCc2noc(C)n2)cc1. The Bertz CT molecular complexity index is 508. The molecule has 1 aromatic carbocycles. The zero-order chi connectivity index (χ0) is 13.7. The highest BCUT2D eigenvalue weighted by Gasteiger charge is 2.06. The second kappa shape index (κ2) is 6.33. The van der Waals surface area contributed by atoms with E-state index in [1.807, 2.05) is 12.1 Å². The summed E-state index contributed by atoms with van der Waals surface area (Å²) in [6.45, 7) is 4.74. The van der Waals surface area contributed by atoms with Crippen molar-refractivity contribution in [2.24, 2.45) is 0 Å². The van der Waals surface area contributed by atoms with Crippen LogP contribution in [-0.4, -0.2) is 23.8 Å². The van der Waals surface area contributed by atoms with Gasteiger partial charge in [-0.2, -0.15) is 4.98 Å². The summed E-state index contributed by atoms with van der Waals surface area (Å²) in [6, 6.07) is 8.34. The second-order valence-electron chi connectivity index (χ2n) is 4.43. The third-order valence-electron chi connectivity index (χ3n) is 2.98. The first-order chi connectivity index (χ1) is 9.19. The smallest absolute Gasteiger partial charge is 0.223 e. The lowest BCUT2D eigenvalue weighted by molar-refractivity contribution is 0.386. The van der Waals surface area contributed by atoms with E-state index in [2.05, 4.69) is 34.5 Å². The molecule has 0 fully saturated rings. The molecule has 1 heterocycles. The molecule has 0 amide bonds. The Balaban J connectivity index is 1.81. The lowest BCUT2D eigenvalue weighted by atomic mass is 10.1. The largest absolute Gasteiger partial charge is 0.497 e. The number of rotatable bonds is 6. The van der Waals surface area contributed by atoms with Crippen molar-refractivity contribution in [2.45, 2.75) is 26.3 Å². The summed E-state index contributed by atoms with van der Waals surface area (Å²) in [5, 5.41) is 7.30. The monoisotopic (exact) mass is 261 g/mol. The fourth-order valence-electron chi connectivity index (χ4n) is 1.85. The minimum Gasteiger partial charge on any atom is -0.497 e. The van der Waals surface area contributed by atoms with Gasteiger partial charge in [0.15, 0.2) is 5.82 Å². The van der Waals surface area contributed by atoms with Gasteiger partial charge in [0.05, 0.1) is 7.11 Å². The molecule has 5 heteroatoms. The molecule has 1 aromatic heterocycles. The fourth-order valence-corrected chi connectivity index (χ4v) is 1.85. The van der Waals surface area contributed by atoms with Gasteiger partial charge in [-0.25, -0.2) is 0 Å². The summed E-state index contributed by atoms with van der Waals surface area (Å²) in [7, 11) is 1.67. The number of hydrogen-bond donors (Lipinski definition) is 1. The highest BCUT2D eigenvalue weighted by molar-refractivity contribution is 5.28. The van der Waals surface area contributed by atoms with E-state index >= 15 is 0 Å². The van der Waals surface area contributed by atoms with Gasteiger partial charge in [-0.3, -0.25) is 0 Å². The quantitative estimate of drug-likeness (QED) is 0.864. The van der Waals surface area contributed by atoms with Gasteiger partial charge < -0.3 is 14.6 Å². The Kier molecular flexibility index (Phi) is 4.52. The molecule has 19 heavy (non-hydrogen) atoms. The van der Waals surface area contributed by atoms with E-state index in [1.54, 1.807) is 14.0 Å². The Labute approximate surface area is 113 Å². The van der Waals surface area contributed by atoms with E-state index < -0.39 is 0 Å². The Morgan fingerprint density at radius 3 is 2.63 bits per heavy atom. The number of hydrogen-bond acceptors (Lipinski definition) is 5. The van der Waals surface area contributed by atoms with Crippen LogP contribution in [0.15, 0.2) is 28.8 Å². The van der Waals surface area contributed by atoms with Crippen LogP contribution in [0.4, 0.5) is 0 Å². The number of benzene rings is 1. The molecular formula is C14H19N3O2. The number of ether oxygens (including phenoxy) is 1. The summed E-state index contributed by atoms with van der Waals surface area (Å²) >= 11 is 0. The average Bonchev–Trinajstić information content (AvgIpc) is 2.84. The van der Waals surface area contributed by atoms with Crippen LogP contribution in [-0.2, 0) is 6.42 Å². The maximum Gasteiger partial charge on any atom is 0.223 e. The molecule has 0 aliphatic heterocycles. The van der Waals surface area contributed by atoms with Crippen LogP contribution in [0.25, 0.3) is 0 Å². The van der Waals surface area contributed by atoms with Crippen LogP contribution in [0, 0.1) is 6.92 Å². The maximum absolute atomic E-state index is 5.14. The Morgan fingerprint density at radius 2 is 2.05 bits per heavy atom. The van der Waals surface area contributed by atoms with E-state index in [0.29, 0.717) is 5.89 Å². The molecule has 5 nitrogen and oxygen atoms in total. The average molecular weight is 261 g/mol. The molecule has 0 saturated carbocycles. The summed E-state index contributed by atoms with van der Waals surface area (Å²) in [6.07, 6.45) is 0.762. The maximum atomic E-state index is 5.14. The molecule has 1 unspecified atom stereocenters. The van der Waals surface area contributed by atoms with E-state index in [-0.39, 0.29) is 6.04 Å². The molecule has 1 atom stereocenters. The van der Waals surface area contributed by atoms with Crippen LogP contribution >= 0.6 is 0 Å². The highest BCUT2D eigenvalue weighted by Crippen LogP contribution is 2.17. The first-order valence-corrected chi connectivity index (χ1v) is 6.35. The van der Waals surface area contributed by atoms with E-state index in [9.17, 15) is 0 Å². The van der Waals surface area contributed by atoms with Crippen molar-refractivity contribution in [1.29, 1.82) is 0 Å². The zero-order valence-corrected chi connectivity index (χ0v) is 11.5. The number of aryl methyl sites for hydroxylation is 1. The summed E-state index contributed by atoms with van der Waals surface area (Å²) in [4.78, 5) is 4.17. The van der Waals surface area contributed by atoms with Crippen molar-refractivity contribution in [2.75, 3.05) is 13.7 Å². The van der Waals surface area contributed by atoms with Crippen LogP contribution in [0.3, 0.4) is 0 Å². The van der Waals surface area contributed by atoms with Gasteiger partial charge in [0.2, 0.25) is 5.89 Å². The topological polar surface area (TPSA) is 60.2 Å². The highest BCUT2D eigenvalue weighted by atomic mass is 16.5. The number of nitrogens with zero attached hydrogens (tertiary/aromatic N) is 2. The van der Waals surface area contributed by atoms with Gasteiger partial charge in [-0.1, -0.05) is 17.3 Å². The normalized spacial score (nSPS) is 12.4. The van der Waals surface area contributed by atoms with Gasteiger partial charge in [0, 0.05) is 25.9 Å². The third-order valence-corrected chi connectivity index (χ3v) is 2.98. The van der Waals surface area contributed by atoms with Crippen molar-refractivity contribution < 1.29 is 9.26 Å². The van der Waals surface area contributed by atoms with Crippen LogP contribution in [0.5, 0.6) is 5.75 Å². The second-order valence-corrected chi connectivity index (χ2v) is 4.43. The van der Waals surface area contributed by atoms with Crippen LogP contribution < -0.4 is 10.1 Å². The van der Waals surface area contributed by atoms with Crippen molar-refractivity contribution in [3.05, 3.63) is 41.5 Å². The van der Waals surface area contributed by atoms with Crippen molar-refractivity contribution in [3.63, 3.8) is 0 Å². The molecule has 2 aromatic rings. The number of nitrogens with one attached hydrogen (secondary N) is 1. The molecule has 1 N–H and O–H groups in total. The van der Waals surface area contributed by atoms with E-state index in [0.717, 1.165) is 24.5 Å². The van der Waals surface area contributed by atoms with Crippen LogP contribution in [0.1, 0.15) is 30.2 Å². The minimum absolute atomic E-state index is 0.277. The molecule has 0 aliphatic carbocycles. The fraction of sp³-hybridized carbons (Fsp3) is 0.429.